The molecule has 0 fully saturated rings. The van der Waals surface area contributed by atoms with Gasteiger partial charge in [0, 0.05) is 18.8 Å². The number of hydrogen-bond acceptors (Lipinski definition) is 6. The third-order valence-corrected chi connectivity index (χ3v) is 3.77. The Kier molecular flexibility index (Phi) is 5.67. The quantitative estimate of drug-likeness (QED) is 0.542. The normalized spacial score (nSPS) is 11.1. The van der Waals surface area contributed by atoms with Gasteiger partial charge in [-0.25, -0.2) is 14.4 Å². The Morgan fingerprint density at radius 1 is 1.03 bits per heavy atom. The molecular formula is C18H13F4N5O3. The molecule has 8 nitrogen and oxygen atoms in total. The van der Waals surface area contributed by atoms with E-state index < -0.39 is 34.9 Å². The van der Waals surface area contributed by atoms with Gasteiger partial charge >= 0.3 is 6.18 Å². The smallest absolute Gasteiger partial charge is 0.416 e. The van der Waals surface area contributed by atoms with E-state index in [1.807, 2.05) is 0 Å². The zero-order valence-electron chi connectivity index (χ0n) is 15.2. The van der Waals surface area contributed by atoms with Crippen LogP contribution in [0.25, 0.3) is 0 Å². The molecule has 0 aliphatic rings. The number of nitrogens with one attached hydrogen (secondary N) is 3. The molecule has 0 saturated heterocycles. The number of hydrogen-bond donors (Lipinski definition) is 3. The Hall–Kier alpha value is -3.96. The number of nitrogens with zero attached hydrogens (tertiary/aromatic N) is 2. The van der Waals surface area contributed by atoms with E-state index in [4.69, 9.17) is 4.42 Å². The number of amides is 2. The predicted molar refractivity (Wildman–Crippen MR) is 96.8 cm³/mol. The van der Waals surface area contributed by atoms with Gasteiger partial charge in [0.2, 0.25) is 0 Å². The monoisotopic (exact) mass is 423 g/mol. The van der Waals surface area contributed by atoms with Crippen LogP contribution in [0.1, 0.15) is 26.3 Å². The average molecular weight is 423 g/mol. The molecule has 0 spiro atoms. The first kappa shape index (κ1) is 20.8. The van der Waals surface area contributed by atoms with Crippen LogP contribution >= 0.6 is 0 Å². The van der Waals surface area contributed by atoms with Crippen molar-refractivity contribution in [1.29, 1.82) is 0 Å². The van der Waals surface area contributed by atoms with E-state index in [0.717, 1.165) is 0 Å². The van der Waals surface area contributed by atoms with E-state index in [-0.39, 0.29) is 29.1 Å². The predicted octanol–water partition coefficient (Wildman–Crippen LogP) is 3.58. The largest absolute Gasteiger partial charge is 0.432 e. The fourth-order valence-electron chi connectivity index (χ4n) is 2.39. The summed E-state index contributed by atoms with van der Waals surface area (Å²) in [6.45, 7) is 0. The van der Waals surface area contributed by atoms with Gasteiger partial charge in [-0.05, 0) is 24.3 Å². The summed E-state index contributed by atoms with van der Waals surface area (Å²) in [5, 5.41) is 7.34. The van der Waals surface area contributed by atoms with Gasteiger partial charge in [0.15, 0.2) is 5.82 Å². The standard InChI is InChI=1S/C18H13F4N5O3/c1-23-15(28)10-6-13(14(25-8-10)27-17-24-2-3-30-17)26-16(29)9-4-11(18(20,21)22)7-12(19)5-9/h2-8H,1H3,(H,23,28)(H,26,29)(H,24,25,27). The number of anilines is 3. The van der Waals surface area contributed by atoms with Crippen molar-refractivity contribution >= 4 is 29.3 Å². The van der Waals surface area contributed by atoms with Crippen LogP contribution in [0.15, 0.2) is 47.3 Å². The Bertz CT molecular complexity index is 1080. The number of benzene rings is 1. The molecule has 3 rings (SSSR count). The zero-order valence-corrected chi connectivity index (χ0v) is 15.2. The van der Waals surface area contributed by atoms with Crippen molar-refractivity contribution in [3.05, 3.63) is 65.4 Å². The van der Waals surface area contributed by atoms with Crippen molar-refractivity contribution in [3.63, 3.8) is 0 Å². The van der Waals surface area contributed by atoms with Crippen LogP contribution in [0.5, 0.6) is 0 Å². The van der Waals surface area contributed by atoms with Crippen LogP contribution < -0.4 is 16.0 Å². The van der Waals surface area contributed by atoms with Crippen LogP contribution in [0.2, 0.25) is 0 Å². The Balaban J connectivity index is 1.96. The molecule has 0 bridgehead atoms. The molecule has 0 radical (unpaired) electrons. The fourth-order valence-corrected chi connectivity index (χ4v) is 2.39. The number of alkyl halides is 3. The van der Waals surface area contributed by atoms with Crippen molar-refractivity contribution < 1.29 is 31.6 Å². The summed E-state index contributed by atoms with van der Waals surface area (Å²) < 4.78 is 57.4. The van der Waals surface area contributed by atoms with Gasteiger partial charge in [0.1, 0.15) is 12.1 Å². The first-order chi connectivity index (χ1) is 14.2. The first-order valence-electron chi connectivity index (χ1n) is 8.25. The minimum atomic E-state index is -4.84. The molecule has 156 valence electrons. The van der Waals surface area contributed by atoms with Gasteiger partial charge in [-0.2, -0.15) is 13.2 Å². The van der Waals surface area contributed by atoms with Crippen molar-refractivity contribution in [1.82, 2.24) is 15.3 Å². The third-order valence-electron chi connectivity index (χ3n) is 3.77. The molecule has 3 N–H and O–H groups in total. The SMILES string of the molecule is CNC(=O)c1cnc(Nc2ncco2)c(NC(=O)c2cc(F)cc(C(F)(F)F)c2)c1. The highest BCUT2D eigenvalue weighted by molar-refractivity contribution is 6.06. The molecular weight excluding hydrogens is 410 g/mol. The van der Waals surface area contributed by atoms with Crippen molar-refractivity contribution in [2.24, 2.45) is 0 Å². The molecule has 0 aliphatic heterocycles. The van der Waals surface area contributed by atoms with Gasteiger partial charge in [0.25, 0.3) is 17.8 Å². The minimum Gasteiger partial charge on any atom is -0.432 e. The maximum atomic E-state index is 13.6. The molecule has 2 amide bonds. The Morgan fingerprint density at radius 2 is 1.80 bits per heavy atom. The van der Waals surface area contributed by atoms with E-state index in [1.165, 1.54) is 31.8 Å². The number of halogens is 4. The summed E-state index contributed by atoms with van der Waals surface area (Å²) >= 11 is 0. The number of carbonyl (C=O) groups is 2. The van der Waals surface area contributed by atoms with Gasteiger partial charge in [0.05, 0.1) is 23.0 Å². The third kappa shape index (κ3) is 4.71. The number of oxazole rings is 1. The van der Waals surface area contributed by atoms with Crippen LogP contribution in [-0.2, 0) is 6.18 Å². The van der Waals surface area contributed by atoms with E-state index in [0.29, 0.717) is 12.1 Å². The topological polar surface area (TPSA) is 109 Å². The average Bonchev–Trinajstić information content (AvgIpc) is 3.20. The summed E-state index contributed by atoms with van der Waals surface area (Å²) in [4.78, 5) is 32.2. The zero-order chi connectivity index (χ0) is 21.9. The Morgan fingerprint density at radius 3 is 2.43 bits per heavy atom. The Labute approximate surface area is 166 Å². The molecule has 2 heterocycles. The van der Waals surface area contributed by atoms with Crippen LogP contribution in [-0.4, -0.2) is 28.8 Å². The molecule has 0 aliphatic carbocycles. The number of carbonyl (C=O) groups excluding carboxylic acids is 2. The number of pyridine rings is 1. The molecule has 3 aromatic rings. The second-order valence-corrected chi connectivity index (χ2v) is 5.84. The van der Waals surface area contributed by atoms with Gasteiger partial charge in [-0.3, -0.25) is 14.9 Å². The van der Waals surface area contributed by atoms with Crippen molar-refractivity contribution in [2.45, 2.75) is 6.18 Å². The lowest BCUT2D eigenvalue weighted by molar-refractivity contribution is -0.137. The fraction of sp³-hybridized carbons (Fsp3) is 0.111. The first-order valence-corrected chi connectivity index (χ1v) is 8.25. The highest BCUT2D eigenvalue weighted by Gasteiger charge is 2.32. The van der Waals surface area contributed by atoms with Gasteiger partial charge < -0.3 is 15.1 Å². The lowest BCUT2D eigenvalue weighted by Gasteiger charge is -2.13. The number of rotatable bonds is 5. The molecule has 2 aromatic heterocycles. The van der Waals surface area contributed by atoms with Crippen molar-refractivity contribution in [2.75, 3.05) is 17.7 Å². The summed E-state index contributed by atoms with van der Waals surface area (Å²) in [5.41, 5.74) is -1.91. The van der Waals surface area contributed by atoms with Crippen LogP contribution in [0.4, 0.5) is 35.1 Å². The number of aromatic nitrogens is 2. The minimum absolute atomic E-state index is 0.00843. The maximum Gasteiger partial charge on any atom is 0.416 e. The van der Waals surface area contributed by atoms with E-state index in [9.17, 15) is 27.2 Å². The molecule has 0 saturated carbocycles. The summed E-state index contributed by atoms with van der Waals surface area (Å²) in [6, 6.07) is 2.69. The summed E-state index contributed by atoms with van der Waals surface area (Å²) in [7, 11) is 1.38. The highest BCUT2D eigenvalue weighted by atomic mass is 19.4. The highest BCUT2D eigenvalue weighted by Crippen LogP contribution is 2.31. The second kappa shape index (κ2) is 8.19. The summed E-state index contributed by atoms with van der Waals surface area (Å²) in [6.07, 6.45) is -1.03. The maximum absolute atomic E-state index is 13.6. The van der Waals surface area contributed by atoms with Gasteiger partial charge in [-0.1, -0.05) is 0 Å². The van der Waals surface area contributed by atoms with Crippen molar-refractivity contribution in [3.8, 4) is 0 Å². The van der Waals surface area contributed by atoms with E-state index >= 15 is 0 Å². The summed E-state index contributed by atoms with van der Waals surface area (Å²) in [5.74, 6) is -2.81. The van der Waals surface area contributed by atoms with E-state index in [2.05, 4.69) is 25.9 Å². The lowest BCUT2D eigenvalue weighted by Crippen LogP contribution is -2.20. The molecule has 0 unspecified atom stereocenters. The van der Waals surface area contributed by atoms with E-state index in [1.54, 1.807) is 0 Å². The lowest BCUT2D eigenvalue weighted by atomic mass is 10.1. The van der Waals surface area contributed by atoms with Crippen LogP contribution in [0, 0.1) is 5.82 Å². The van der Waals surface area contributed by atoms with Crippen LogP contribution in [0.3, 0.4) is 0 Å². The molecule has 30 heavy (non-hydrogen) atoms. The molecule has 12 heteroatoms. The molecule has 0 atom stereocenters. The molecule has 1 aromatic carbocycles. The van der Waals surface area contributed by atoms with Gasteiger partial charge in [-0.15, -0.1) is 0 Å². The second-order valence-electron chi connectivity index (χ2n) is 5.84.